The average Bonchev–Trinajstić information content (AvgIpc) is 3.75. The summed E-state index contributed by atoms with van der Waals surface area (Å²) in [5.41, 5.74) is 1.63. The van der Waals surface area contributed by atoms with Gasteiger partial charge in [0.2, 0.25) is 11.7 Å². The van der Waals surface area contributed by atoms with Crippen molar-refractivity contribution in [3.8, 4) is 12.5 Å². The number of hydrogen-bond donors (Lipinski definition) is 2. The number of piperidine rings is 1. The number of pyridine rings is 1. The fourth-order valence-electron chi connectivity index (χ4n) is 6.25. The number of anilines is 1. The number of carbonyl (C=O) groups is 1. The fourth-order valence-corrected chi connectivity index (χ4v) is 6.58. The molecular formula is C35H41Cl2F2N5O5. The molecule has 2 N–H and O–H groups in total. The largest absolute Gasteiger partial charge is 0.462 e. The number of nitrogens with zero attached hydrogens (tertiary/aromatic N) is 4. The third-order valence-electron chi connectivity index (χ3n) is 8.55. The summed E-state index contributed by atoms with van der Waals surface area (Å²) in [5.74, 6) is -3.70. The first kappa shape index (κ1) is 37.9. The Morgan fingerprint density at radius 1 is 1.18 bits per heavy atom. The number of benzene rings is 1. The minimum Gasteiger partial charge on any atom is -0.462 e. The molecule has 49 heavy (non-hydrogen) atoms. The first-order valence-corrected chi connectivity index (χ1v) is 17.1. The zero-order valence-electron chi connectivity index (χ0n) is 27.8. The maximum Gasteiger partial charge on any atom is 0.306 e. The van der Waals surface area contributed by atoms with Crippen LogP contribution >= 0.6 is 23.2 Å². The summed E-state index contributed by atoms with van der Waals surface area (Å²) < 4.78 is 42.5. The van der Waals surface area contributed by atoms with Crippen molar-refractivity contribution in [3.05, 3.63) is 62.2 Å². The minimum atomic E-state index is -3.32. The van der Waals surface area contributed by atoms with Crippen molar-refractivity contribution in [2.75, 3.05) is 44.3 Å². The predicted octanol–water partition coefficient (Wildman–Crippen LogP) is 7.49. The lowest BCUT2D eigenvalue weighted by molar-refractivity contribution is -0.138. The minimum absolute atomic E-state index is 0.0124. The number of alkyl halides is 2. The number of fused-ring (bicyclic) bond motifs is 3. The van der Waals surface area contributed by atoms with Crippen LogP contribution in [0, 0.1) is 18.4 Å². The Kier molecular flexibility index (Phi) is 13.3. The topological polar surface area (TPSA) is 125 Å². The zero-order chi connectivity index (χ0) is 35.7. The average molecular weight is 721 g/mol. The van der Waals surface area contributed by atoms with Crippen LogP contribution in [-0.2, 0) is 15.5 Å². The van der Waals surface area contributed by atoms with E-state index in [-0.39, 0.29) is 42.9 Å². The molecule has 0 aliphatic carbocycles. The Morgan fingerprint density at radius 3 is 2.59 bits per heavy atom. The van der Waals surface area contributed by atoms with Gasteiger partial charge in [0.05, 0.1) is 5.02 Å². The van der Waals surface area contributed by atoms with Crippen LogP contribution in [0.15, 0.2) is 39.7 Å². The molecule has 2 aliphatic rings. The van der Waals surface area contributed by atoms with Crippen LogP contribution < -0.4 is 10.5 Å². The van der Waals surface area contributed by atoms with Crippen molar-refractivity contribution in [2.45, 2.75) is 64.7 Å². The Hall–Kier alpha value is -3.92. The Labute approximate surface area is 293 Å². The van der Waals surface area contributed by atoms with E-state index in [0.717, 1.165) is 12.8 Å². The van der Waals surface area contributed by atoms with Gasteiger partial charge in [-0.15, -0.1) is 0 Å². The SMILES string of the molecule is C#CO.CC.CC1CN(C(=O)COCCCC(F)(F)c2nc(N3CCCC3)c3oc4cc(Cl)ccc4c3n2)CCC1c1cc(Cl)c[nH]c1=O. The lowest BCUT2D eigenvalue weighted by Crippen LogP contribution is -2.44. The second-order valence-corrected chi connectivity index (χ2v) is 12.7. The maximum absolute atomic E-state index is 15.5. The van der Waals surface area contributed by atoms with E-state index in [2.05, 4.69) is 21.4 Å². The number of carbonyl (C=O) groups excluding carboxylic acids is 1. The quantitative estimate of drug-likeness (QED) is 0.135. The smallest absolute Gasteiger partial charge is 0.306 e. The molecule has 0 radical (unpaired) electrons. The van der Waals surface area contributed by atoms with Gasteiger partial charge in [-0.2, -0.15) is 8.78 Å². The van der Waals surface area contributed by atoms with Crippen LogP contribution in [0.2, 0.25) is 10.0 Å². The number of ether oxygens (including phenoxy) is 1. The lowest BCUT2D eigenvalue weighted by atomic mass is 9.82. The highest BCUT2D eigenvalue weighted by molar-refractivity contribution is 6.31. The van der Waals surface area contributed by atoms with Crippen LogP contribution in [0.4, 0.5) is 14.6 Å². The number of likely N-dealkylation sites (tertiary alicyclic amines) is 1. The molecule has 2 fully saturated rings. The van der Waals surface area contributed by atoms with E-state index in [1.165, 1.54) is 12.3 Å². The number of furan rings is 1. The molecule has 2 atom stereocenters. The molecule has 1 aromatic carbocycles. The molecule has 2 saturated heterocycles. The Bertz CT molecular complexity index is 1840. The second kappa shape index (κ2) is 17.1. The number of aliphatic hydroxyl groups excluding tert-OH is 1. The standard InChI is InChI=1S/C31H33Cl2F2N5O4.C2H2O.C2H6/c1-18-16-40(11-7-21(18)23-13-20(33)15-36-29(23)42)25(41)17-43-12-4-8-31(34,35)30-37-26-22-6-5-19(32)14-24(22)44-27(26)28(38-30)39-9-2-3-10-39;1-2-3;1-2/h5-6,13-15,18,21H,2-4,7-12,16-17H2,1H3,(H,36,42);1,3H;1-2H3. The normalized spacial score (nSPS) is 17.7. The molecule has 14 heteroatoms. The van der Waals surface area contributed by atoms with Gasteiger partial charge in [0.1, 0.15) is 23.8 Å². The number of H-pyrrole nitrogens is 1. The highest BCUT2D eigenvalue weighted by Crippen LogP contribution is 2.39. The van der Waals surface area contributed by atoms with Gasteiger partial charge in [-0.1, -0.05) is 50.4 Å². The van der Waals surface area contributed by atoms with Gasteiger partial charge in [-0.25, -0.2) is 9.97 Å². The third kappa shape index (κ3) is 9.01. The van der Waals surface area contributed by atoms with Crippen molar-refractivity contribution >= 4 is 57.0 Å². The van der Waals surface area contributed by atoms with E-state index < -0.39 is 18.2 Å². The monoisotopic (exact) mass is 719 g/mol. The summed E-state index contributed by atoms with van der Waals surface area (Å²) in [5, 5.41) is 8.64. The summed E-state index contributed by atoms with van der Waals surface area (Å²) in [4.78, 5) is 40.0. The van der Waals surface area contributed by atoms with Gasteiger partial charge in [0.15, 0.2) is 11.4 Å². The summed E-state index contributed by atoms with van der Waals surface area (Å²) >= 11 is 12.2. The zero-order valence-corrected chi connectivity index (χ0v) is 29.3. The van der Waals surface area contributed by atoms with Crippen molar-refractivity contribution in [2.24, 2.45) is 5.92 Å². The maximum atomic E-state index is 15.5. The molecule has 2 unspecified atom stereocenters. The van der Waals surface area contributed by atoms with Crippen molar-refractivity contribution in [3.63, 3.8) is 0 Å². The van der Waals surface area contributed by atoms with E-state index in [4.69, 9.17) is 37.5 Å². The summed E-state index contributed by atoms with van der Waals surface area (Å²) in [6.07, 6.45) is 8.84. The Morgan fingerprint density at radius 2 is 1.90 bits per heavy atom. The van der Waals surface area contributed by atoms with Gasteiger partial charge >= 0.3 is 5.92 Å². The fraction of sp³-hybridized carbons (Fsp3) is 0.486. The molecular weight excluding hydrogens is 679 g/mol. The van der Waals surface area contributed by atoms with Crippen molar-refractivity contribution < 1.29 is 27.8 Å². The molecule has 264 valence electrons. The number of amides is 1. The molecule has 0 saturated carbocycles. The number of hydrogen-bond acceptors (Lipinski definition) is 8. The molecule has 5 heterocycles. The van der Waals surface area contributed by atoms with Crippen LogP contribution in [0.5, 0.6) is 0 Å². The number of nitrogens with one attached hydrogen (secondary N) is 1. The first-order valence-electron chi connectivity index (χ1n) is 16.4. The molecule has 1 amide bonds. The highest BCUT2D eigenvalue weighted by Gasteiger charge is 2.37. The van der Waals surface area contributed by atoms with Crippen molar-refractivity contribution in [1.29, 1.82) is 0 Å². The molecule has 3 aromatic heterocycles. The summed E-state index contributed by atoms with van der Waals surface area (Å²) in [7, 11) is 0. The van der Waals surface area contributed by atoms with Crippen LogP contribution in [0.1, 0.15) is 70.2 Å². The molecule has 0 spiro atoms. The van der Waals surface area contributed by atoms with Gasteiger partial charge in [-0.3, -0.25) is 9.59 Å². The molecule has 4 aromatic rings. The second-order valence-electron chi connectivity index (χ2n) is 11.8. The van der Waals surface area contributed by atoms with E-state index in [9.17, 15) is 9.59 Å². The Balaban J connectivity index is 0.00000103. The number of aromatic nitrogens is 3. The summed E-state index contributed by atoms with van der Waals surface area (Å²) in [6, 6.07) is 6.72. The van der Waals surface area contributed by atoms with Crippen LogP contribution in [0.25, 0.3) is 22.1 Å². The van der Waals surface area contributed by atoms with Crippen LogP contribution in [-0.4, -0.2) is 70.3 Å². The number of aliphatic hydroxyl groups is 1. The summed E-state index contributed by atoms with van der Waals surface area (Å²) in [6.45, 7) is 8.10. The van der Waals surface area contributed by atoms with E-state index in [1.807, 2.05) is 25.7 Å². The van der Waals surface area contributed by atoms with Crippen LogP contribution in [0.3, 0.4) is 0 Å². The number of halogens is 4. The first-order chi connectivity index (χ1) is 23.5. The molecule has 2 aliphatic heterocycles. The highest BCUT2D eigenvalue weighted by atomic mass is 35.5. The number of rotatable bonds is 9. The third-order valence-corrected chi connectivity index (χ3v) is 9.00. The molecule has 0 bridgehead atoms. The van der Waals surface area contributed by atoms with Gasteiger partial charge in [0, 0.05) is 67.4 Å². The molecule has 6 rings (SSSR count). The van der Waals surface area contributed by atoms with Gasteiger partial charge in [0.25, 0.3) is 5.56 Å². The van der Waals surface area contributed by atoms with Gasteiger partial charge < -0.3 is 29.0 Å². The van der Waals surface area contributed by atoms with Gasteiger partial charge in [-0.05, 0) is 55.7 Å². The molecule has 10 nitrogen and oxygen atoms in total. The number of aromatic amines is 1. The lowest BCUT2D eigenvalue weighted by Gasteiger charge is -2.36. The van der Waals surface area contributed by atoms with E-state index >= 15 is 8.78 Å². The number of terminal acetylenes is 1. The van der Waals surface area contributed by atoms with E-state index in [1.54, 1.807) is 29.2 Å². The predicted molar refractivity (Wildman–Crippen MR) is 187 cm³/mol. The van der Waals surface area contributed by atoms with Crippen molar-refractivity contribution in [1.82, 2.24) is 19.9 Å². The van der Waals surface area contributed by atoms with E-state index in [0.29, 0.717) is 76.1 Å².